The second kappa shape index (κ2) is 8.75. The Balaban J connectivity index is 1.89. The monoisotopic (exact) mass is 386 g/mol. The van der Waals surface area contributed by atoms with Gasteiger partial charge in [-0.05, 0) is 12.8 Å². The number of hydrogen-bond acceptors (Lipinski definition) is 8. The fourth-order valence-electron chi connectivity index (χ4n) is 3.27. The van der Waals surface area contributed by atoms with Crippen molar-refractivity contribution >= 4 is 23.2 Å². The van der Waals surface area contributed by atoms with Crippen molar-refractivity contribution in [2.24, 2.45) is 11.5 Å². The minimum Gasteiger partial charge on any atom is -0.497 e. The fourth-order valence-corrected chi connectivity index (χ4v) is 3.27. The maximum absolute atomic E-state index is 11.8. The minimum atomic E-state index is -0.675. The van der Waals surface area contributed by atoms with Crippen LogP contribution in [0, 0.1) is 0 Å². The van der Waals surface area contributed by atoms with Crippen molar-refractivity contribution in [3.05, 3.63) is 30.1 Å². The van der Waals surface area contributed by atoms with Gasteiger partial charge in [0.05, 0.1) is 20.4 Å². The summed E-state index contributed by atoms with van der Waals surface area (Å²) in [6.45, 7) is 0. The number of primary amides is 1. The third-order valence-corrected chi connectivity index (χ3v) is 4.77. The molecule has 0 unspecified atom stereocenters. The average Bonchev–Trinajstić information content (AvgIpc) is 2.69. The van der Waals surface area contributed by atoms with Gasteiger partial charge in [0.1, 0.15) is 17.3 Å². The Morgan fingerprint density at radius 3 is 2.43 bits per heavy atom. The molecule has 1 fully saturated rings. The number of nitrogens with one attached hydrogen (secondary N) is 2. The molecular formula is C19H26N6O3. The van der Waals surface area contributed by atoms with Gasteiger partial charge in [0.25, 0.3) is 5.91 Å². The molecular weight excluding hydrogens is 360 g/mol. The van der Waals surface area contributed by atoms with E-state index >= 15 is 0 Å². The number of carbonyl (C=O) groups is 1. The van der Waals surface area contributed by atoms with Gasteiger partial charge in [0.2, 0.25) is 0 Å². The Morgan fingerprint density at radius 2 is 1.82 bits per heavy atom. The number of methoxy groups -OCH3 is 2. The third-order valence-electron chi connectivity index (χ3n) is 4.77. The molecule has 1 saturated carbocycles. The van der Waals surface area contributed by atoms with Crippen LogP contribution >= 0.6 is 0 Å². The van der Waals surface area contributed by atoms with Gasteiger partial charge in [0, 0.05) is 36.0 Å². The standard InChI is InChI=1S/C19H26N6O3/c1-27-12-7-11(8-13(9-12)28-2)23-19-17(18(21)26)22-10-16(25-19)24-15-6-4-3-5-14(15)20/h7-10,14-15H,3-6,20H2,1-2H3,(H2,21,26)(H2,23,24,25)/t14-,15-/m0/s1. The third kappa shape index (κ3) is 4.61. The zero-order chi connectivity index (χ0) is 20.1. The maximum Gasteiger partial charge on any atom is 0.271 e. The second-order valence-electron chi connectivity index (χ2n) is 6.74. The van der Waals surface area contributed by atoms with E-state index in [0.29, 0.717) is 23.0 Å². The molecule has 1 aliphatic carbocycles. The Labute approximate surface area is 163 Å². The van der Waals surface area contributed by atoms with Crippen molar-refractivity contribution in [2.75, 3.05) is 24.9 Å². The lowest BCUT2D eigenvalue weighted by atomic mass is 9.91. The molecule has 3 rings (SSSR count). The SMILES string of the molecule is COc1cc(Nc2nc(N[C@H]3CCCC[C@@H]3N)cnc2C(N)=O)cc(OC)c1. The van der Waals surface area contributed by atoms with Crippen LogP contribution in [0.3, 0.4) is 0 Å². The smallest absolute Gasteiger partial charge is 0.271 e. The number of benzene rings is 1. The van der Waals surface area contributed by atoms with Crippen molar-refractivity contribution < 1.29 is 14.3 Å². The van der Waals surface area contributed by atoms with Gasteiger partial charge in [-0.25, -0.2) is 9.97 Å². The predicted molar refractivity (Wildman–Crippen MR) is 107 cm³/mol. The van der Waals surface area contributed by atoms with Crippen LogP contribution in [0.1, 0.15) is 36.2 Å². The van der Waals surface area contributed by atoms with Crippen LogP contribution < -0.4 is 31.6 Å². The fraction of sp³-hybridized carbons (Fsp3) is 0.421. The number of carbonyl (C=O) groups excluding carboxylic acids is 1. The number of rotatable bonds is 7. The number of anilines is 3. The highest BCUT2D eigenvalue weighted by Gasteiger charge is 2.23. The van der Waals surface area contributed by atoms with E-state index in [9.17, 15) is 4.79 Å². The Bertz CT molecular complexity index is 822. The molecule has 1 heterocycles. The lowest BCUT2D eigenvalue weighted by Crippen LogP contribution is -2.42. The van der Waals surface area contributed by atoms with Crippen molar-refractivity contribution in [3.8, 4) is 11.5 Å². The van der Waals surface area contributed by atoms with Crippen LogP contribution in [0.2, 0.25) is 0 Å². The number of nitrogens with zero attached hydrogens (tertiary/aromatic N) is 2. The van der Waals surface area contributed by atoms with Crippen LogP contribution in [0.5, 0.6) is 11.5 Å². The first-order valence-corrected chi connectivity index (χ1v) is 9.19. The molecule has 1 aromatic carbocycles. The lowest BCUT2D eigenvalue weighted by molar-refractivity contribution is 0.0996. The van der Waals surface area contributed by atoms with E-state index in [1.165, 1.54) is 6.20 Å². The van der Waals surface area contributed by atoms with Gasteiger partial charge >= 0.3 is 0 Å². The molecule has 150 valence electrons. The number of aromatic nitrogens is 2. The molecule has 2 atom stereocenters. The van der Waals surface area contributed by atoms with E-state index in [1.54, 1.807) is 32.4 Å². The van der Waals surface area contributed by atoms with E-state index in [0.717, 1.165) is 25.7 Å². The van der Waals surface area contributed by atoms with E-state index in [4.69, 9.17) is 20.9 Å². The van der Waals surface area contributed by atoms with Crippen LogP contribution in [0.15, 0.2) is 24.4 Å². The van der Waals surface area contributed by atoms with E-state index < -0.39 is 5.91 Å². The number of ether oxygens (including phenoxy) is 2. The normalized spacial score (nSPS) is 19.0. The van der Waals surface area contributed by atoms with Crippen LogP contribution in [0.4, 0.5) is 17.3 Å². The topological polar surface area (TPSA) is 137 Å². The molecule has 0 radical (unpaired) electrons. The molecule has 1 amide bonds. The highest BCUT2D eigenvalue weighted by atomic mass is 16.5. The molecule has 0 aliphatic heterocycles. The van der Waals surface area contributed by atoms with Crippen LogP contribution in [-0.2, 0) is 0 Å². The van der Waals surface area contributed by atoms with E-state index in [2.05, 4.69) is 20.6 Å². The quantitative estimate of drug-likeness (QED) is 0.567. The summed E-state index contributed by atoms with van der Waals surface area (Å²) in [6.07, 6.45) is 5.69. The second-order valence-corrected chi connectivity index (χ2v) is 6.74. The minimum absolute atomic E-state index is 0.0419. The zero-order valence-electron chi connectivity index (χ0n) is 16.1. The molecule has 0 spiro atoms. The molecule has 0 saturated heterocycles. The summed E-state index contributed by atoms with van der Waals surface area (Å²) in [5.74, 6) is 1.29. The summed E-state index contributed by atoms with van der Waals surface area (Å²) in [7, 11) is 3.12. The van der Waals surface area contributed by atoms with Gasteiger partial charge in [-0.3, -0.25) is 4.79 Å². The summed E-state index contributed by atoms with van der Waals surface area (Å²) in [5.41, 5.74) is 12.3. The summed E-state index contributed by atoms with van der Waals surface area (Å²) >= 11 is 0. The van der Waals surface area contributed by atoms with Gasteiger partial charge < -0.3 is 31.6 Å². The number of hydrogen-bond donors (Lipinski definition) is 4. The molecule has 0 bridgehead atoms. The molecule has 9 nitrogen and oxygen atoms in total. The van der Waals surface area contributed by atoms with Gasteiger partial charge in [0.15, 0.2) is 11.5 Å². The average molecular weight is 386 g/mol. The van der Waals surface area contributed by atoms with Crippen molar-refractivity contribution in [3.63, 3.8) is 0 Å². The van der Waals surface area contributed by atoms with Crippen molar-refractivity contribution in [2.45, 2.75) is 37.8 Å². The Hall–Kier alpha value is -3.07. The van der Waals surface area contributed by atoms with E-state index in [-0.39, 0.29) is 23.6 Å². The Morgan fingerprint density at radius 1 is 1.14 bits per heavy atom. The summed E-state index contributed by atoms with van der Waals surface area (Å²) in [4.78, 5) is 20.5. The van der Waals surface area contributed by atoms with Crippen molar-refractivity contribution in [1.29, 1.82) is 0 Å². The Kier molecular flexibility index (Phi) is 6.15. The zero-order valence-corrected chi connectivity index (χ0v) is 16.1. The predicted octanol–water partition coefficient (Wildman–Crippen LogP) is 2.02. The molecule has 6 N–H and O–H groups in total. The first-order valence-electron chi connectivity index (χ1n) is 9.19. The molecule has 2 aromatic rings. The van der Waals surface area contributed by atoms with Crippen LogP contribution in [-0.4, -0.2) is 42.2 Å². The molecule has 28 heavy (non-hydrogen) atoms. The number of amides is 1. The van der Waals surface area contributed by atoms with Crippen LogP contribution in [0.25, 0.3) is 0 Å². The highest BCUT2D eigenvalue weighted by Crippen LogP contribution is 2.29. The number of nitrogens with two attached hydrogens (primary N) is 2. The highest BCUT2D eigenvalue weighted by molar-refractivity contribution is 5.96. The summed E-state index contributed by atoms with van der Waals surface area (Å²) in [5, 5.41) is 6.41. The lowest BCUT2D eigenvalue weighted by Gasteiger charge is -2.29. The molecule has 1 aliphatic rings. The molecule has 1 aromatic heterocycles. The van der Waals surface area contributed by atoms with E-state index in [1.807, 2.05) is 0 Å². The summed E-state index contributed by atoms with van der Waals surface area (Å²) in [6, 6.07) is 5.43. The largest absolute Gasteiger partial charge is 0.497 e. The van der Waals surface area contributed by atoms with Crippen molar-refractivity contribution in [1.82, 2.24) is 9.97 Å². The van der Waals surface area contributed by atoms with Gasteiger partial charge in [-0.15, -0.1) is 0 Å². The first kappa shape index (κ1) is 19.7. The first-order chi connectivity index (χ1) is 13.5. The maximum atomic E-state index is 11.8. The summed E-state index contributed by atoms with van der Waals surface area (Å²) < 4.78 is 10.5. The molecule has 9 heteroatoms. The van der Waals surface area contributed by atoms with Gasteiger partial charge in [-0.2, -0.15) is 0 Å². The van der Waals surface area contributed by atoms with Gasteiger partial charge in [-0.1, -0.05) is 12.8 Å².